The van der Waals surface area contributed by atoms with Crippen molar-refractivity contribution in [3.05, 3.63) is 41.0 Å². The lowest BCUT2D eigenvalue weighted by atomic mass is 9.76. The van der Waals surface area contributed by atoms with Crippen LogP contribution in [0.25, 0.3) is 10.4 Å². The van der Waals surface area contributed by atoms with Crippen molar-refractivity contribution in [3.8, 4) is 10.4 Å². The molecule has 1 heterocycles. The first kappa shape index (κ1) is 26.5. The number of amides is 1. The van der Waals surface area contributed by atoms with Crippen LogP contribution in [0.1, 0.15) is 65.6 Å². The van der Waals surface area contributed by atoms with E-state index in [4.69, 9.17) is 0 Å². The van der Waals surface area contributed by atoms with E-state index in [0.717, 1.165) is 21.7 Å². The van der Waals surface area contributed by atoms with Gasteiger partial charge in [-0.3, -0.25) is 9.59 Å². The number of carbonyl (C=O) groups excluding carboxylic acids is 2. The Morgan fingerprint density at radius 2 is 1.71 bits per heavy atom. The summed E-state index contributed by atoms with van der Waals surface area (Å²) in [6.07, 6.45) is 0.0121. The van der Waals surface area contributed by atoms with Crippen LogP contribution in [0.15, 0.2) is 29.8 Å². The summed E-state index contributed by atoms with van der Waals surface area (Å²) in [7, 11) is 0. The third-order valence-corrected chi connectivity index (χ3v) is 7.37. The third-order valence-electron chi connectivity index (χ3n) is 6.40. The molecule has 1 unspecified atom stereocenters. The molecular formula is C27H39N3O3S. The lowest BCUT2D eigenvalue weighted by Gasteiger charge is -2.38. The summed E-state index contributed by atoms with van der Waals surface area (Å²) in [5.41, 5.74) is 4.40. The fourth-order valence-corrected chi connectivity index (χ4v) is 5.46. The van der Waals surface area contributed by atoms with Crippen LogP contribution in [0, 0.1) is 24.2 Å². The number of hydrogen-bond donors (Lipinski definition) is 3. The SMILES string of the molecule is Cc1ncsc1-c1ccc(CNC(=O)[C@@H]2C[C@@H](O)CC2C(=O)[C@@H](NC(C)(C)C)C(C)(C)C)cc1. The van der Waals surface area contributed by atoms with Crippen molar-refractivity contribution >= 4 is 23.0 Å². The first-order valence-electron chi connectivity index (χ1n) is 12.0. The predicted molar refractivity (Wildman–Crippen MR) is 137 cm³/mol. The van der Waals surface area contributed by atoms with Crippen molar-refractivity contribution in [3.63, 3.8) is 0 Å². The molecule has 3 rings (SSSR count). The summed E-state index contributed by atoms with van der Waals surface area (Å²) in [6, 6.07) is 7.69. The standard InChI is InChI=1S/C27H39N3O3S/c1-16-23(34-15-29-16)18-10-8-17(9-11-18)14-28-25(33)21-13-19(31)12-20(21)22(32)24(26(2,3)4)30-27(5,6)7/h8-11,15,19-21,24,30-31H,12-14H2,1-7H3,(H,28,33)/t19-,20?,21+,24+/m0/s1. The highest BCUT2D eigenvalue weighted by Crippen LogP contribution is 2.37. The molecule has 4 atom stereocenters. The molecular weight excluding hydrogens is 446 g/mol. The molecule has 0 saturated heterocycles. The quantitative estimate of drug-likeness (QED) is 0.537. The van der Waals surface area contributed by atoms with Gasteiger partial charge >= 0.3 is 0 Å². The molecule has 6 nitrogen and oxygen atoms in total. The van der Waals surface area contributed by atoms with Crippen LogP contribution >= 0.6 is 11.3 Å². The molecule has 1 aliphatic carbocycles. The second-order valence-electron chi connectivity index (χ2n) is 11.6. The second kappa shape index (κ2) is 10.3. The predicted octanol–water partition coefficient (Wildman–Crippen LogP) is 4.49. The smallest absolute Gasteiger partial charge is 0.224 e. The molecule has 2 aromatic rings. The lowest BCUT2D eigenvalue weighted by molar-refractivity contribution is -0.135. The number of nitrogens with one attached hydrogen (secondary N) is 2. The summed E-state index contributed by atoms with van der Waals surface area (Å²) in [6.45, 7) is 14.6. The fraction of sp³-hybridized carbons (Fsp3) is 0.593. The average Bonchev–Trinajstić information content (AvgIpc) is 3.34. The molecule has 7 heteroatoms. The van der Waals surface area contributed by atoms with Gasteiger partial charge in [-0.1, -0.05) is 45.0 Å². The van der Waals surface area contributed by atoms with Gasteiger partial charge in [0.2, 0.25) is 5.91 Å². The number of Topliss-reactive ketones (excluding diaryl/α,β-unsaturated/α-hetero) is 1. The topological polar surface area (TPSA) is 91.3 Å². The zero-order chi connectivity index (χ0) is 25.3. The molecule has 1 aliphatic rings. The maximum atomic E-state index is 13.6. The number of aliphatic hydroxyl groups excluding tert-OH is 1. The molecule has 1 fully saturated rings. The van der Waals surface area contributed by atoms with Gasteiger partial charge in [0.15, 0.2) is 5.78 Å². The maximum absolute atomic E-state index is 13.6. The van der Waals surface area contributed by atoms with E-state index in [1.54, 1.807) is 11.3 Å². The van der Waals surface area contributed by atoms with Gasteiger partial charge in [-0.15, -0.1) is 11.3 Å². The Kier molecular flexibility index (Phi) is 8.00. The van der Waals surface area contributed by atoms with Crippen molar-refractivity contribution in [1.82, 2.24) is 15.6 Å². The summed E-state index contributed by atoms with van der Waals surface area (Å²) >= 11 is 1.61. The second-order valence-corrected chi connectivity index (χ2v) is 12.5. The van der Waals surface area contributed by atoms with E-state index in [1.807, 2.05) is 78.2 Å². The van der Waals surface area contributed by atoms with Crippen molar-refractivity contribution in [2.75, 3.05) is 0 Å². The van der Waals surface area contributed by atoms with Crippen LogP contribution in [-0.4, -0.2) is 39.5 Å². The van der Waals surface area contributed by atoms with E-state index in [1.165, 1.54) is 0 Å². The fourth-order valence-electron chi connectivity index (χ4n) is 4.65. The molecule has 0 radical (unpaired) electrons. The first-order chi connectivity index (χ1) is 15.8. The van der Waals surface area contributed by atoms with E-state index >= 15 is 0 Å². The van der Waals surface area contributed by atoms with Crippen molar-refractivity contribution in [1.29, 1.82) is 0 Å². The normalized spacial score (nSPS) is 21.9. The van der Waals surface area contributed by atoms with Crippen LogP contribution in [0.4, 0.5) is 0 Å². The van der Waals surface area contributed by atoms with Crippen molar-refractivity contribution in [2.24, 2.45) is 17.3 Å². The number of benzene rings is 1. The van der Waals surface area contributed by atoms with E-state index < -0.39 is 24.0 Å². The molecule has 0 spiro atoms. The number of thiazole rings is 1. The molecule has 0 aliphatic heterocycles. The molecule has 1 saturated carbocycles. The number of nitrogens with zero attached hydrogens (tertiary/aromatic N) is 1. The van der Waals surface area contributed by atoms with Crippen molar-refractivity contribution < 1.29 is 14.7 Å². The summed E-state index contributed by atoms with van der Waals surface area (Å²) in [5.74, 6) is -1.16. The van der Waals surface area contributed by atoms with Crippen molar-refractivity contribution in [2.45, 2.75) is 85.5 Å². The number of aliphatic hydroxyl groups is 1. The lowest BCUT2D eigenvalue weighted by Crippen LogP contribution is -2.56. The van der Waals surface area contributed by atoms with Crippen LogP contribution in [0.3, 0.4) is 0 Å². The number of hydrogen-bond acceptors (Lipinski definition) is 6. The minimum absolute atomic E-state index is 0.0170. The summed E-state index contributed by atoms with van der Waals surface area (Å²) in [5, 5.41) is 16.8. The number of aromatic nitrogens is 1. The highest BCUT2D eigenvalue weighted by Gasteiger charge is 2.46. The molecule has 3 N–H and O–H groups in total. The van der Waals surface area contributed by atoms with Gasteiger partial charge in [-0.05, 0) is 57.1 Å². The van der Waals surface area contributed by atoms with Gasteiger partial charge in [-0.2, -0.15) is 0 Å². The molecule has 1 amide bonds. The van der Waals surface area contributed by atoms with E-state index in [9.17, 15) is 14.7 Å². The highest BCUT2D eigenvalue weighted by molar-refractivity contribution is 7.13. The highest BCUT2D eigenvalue weighted by atomic mass is 32.1. The summed E-state index contributed by atoms with van der Waals surface area (Å²) < 4.78 is 0. The largest absolute Gasteiger partial charge is 0.393 e. The minimum atomic E-state index is -0.637. The maximum Gasteiger partial charge on any atom is 0.224 e. The van der Waals surface area contributed by atoms with Crippen LogP contribution < -0.4 is 10.6 Å². The van der Waals surface area contributed by atoms with E-state index in [-0.39, 0.29) is 22.6 Å². The Hall–Kier alpha value is -2.09. The van der Waals surface area contributed by atoms with Gasteiger partial charge < -0.3 is 15.7 Å². The first-order valence-corrected chi connectivity index (χ1v) is 12.9. The Morgan fingerprint density at radius 1 is 1.09 bits per heavy atom. The Balaban J connectivity index is 1.68. The molecule has 1 aromatic carbocycles. The van der Waals surface area contributed by atoms with E-state index in [2.05, 4.69) is 15.6 Å². The Morgan fingerprint density at radius 3 is 2.24 bits per heavy atom. The van der Waals surface area contributed by atoms with Gasteiger partial charge in [0.1, 0.15) is 0 Å². The van der Waals surface area contributed by atoms with Gasteiger partial charge in [0, 0.05) is 18.0 Å². The number of carbonyl (C=O) groups is 2. The van der Waals surface area contributed by atoms with Gasteiger partial charge in [0.25, 0.3) is 0 Å². The number of aryl methyl sites for hydroxylation is 1. The number of rotatable bonds is 7. The number of ketones is 1. The molecule has 186 valence electrons. The Labute approximate surface area is 207 Å². The zero-order valence-corrected chi connectivity index (χ0v) is 22.3. The van der Waals surface area contributed by atoms with Gasteiger partial charge in [-0.25, -0.2) is 4.98 Å². The van der Waals surface area contributed by atoms with Crippen LogP contribution in [-0.2, 0) is 16.1 Å². The zero-order valence-electron chi connectivity index (χ0n) is 21.4. The minimum Gasteiger partial charge on any atom is -0.393 e. The third kappa shape index (κ3) is 6.52. The molecule has 34 heavy (non-hydrogen) atoms. The van der Waals surface area contributed by atoms with E-state index in [0.29, 0.717) is 19.4 Å². The summed E-state index contributed by atoms with van der Waals surface area (Å²) in [4.78, 5) is 32.2. The average molecular weight is 486 g/mol. The van der Waals surface area contributed by atoms with Crippen LogP contribution in [0.2, 0.25) is 0 Å². The molecule has 1 aromatic heterocycles. The Bertz CT molecular complexity index is 1000. The molecule has 0 bridgehead atoms. The van der Waals surface area contributed by atoms with Gasteiger partial charge in [0.05, 0.1) is 34.1 Å². The van der Waals surface area contributed by atoms with Crippen LogP contribution in [0.5, 0.6) is 0 Å². The monoisotopic (exact) mass is 485 g/mol.